The van der Waals surface area contributed by atoms with E-state index in [9.17, 15) is 26.4 Å². The number of nitrogens with zero attached hydrogens (tertiary/aromatic N) is 1. The molecule has 0 fully saturated rings. The van der Waals surface area contributed by atoms with Crippen LogP contribution in [0.5, 0.6) is 11.5 Å². The summed E-state index contributed by atoms with van der Waals surface area (Å²) in [7, 11) is -2.12. The number of ether oxygens (including phenoxy) is 1. The Morgan fingerprint density at radius 3 is 2.21 bits per heavy atom. The van der Waals surface area contributed by atoms with Gasteiger partial charge in [0.25, 0.3) is 5.56 Å². The molecular weight excluding hydrogens is 457 g/mol. The van der Waals surface area contributed by atoms with Gasteiger partial charge in [-0.25, -0.2) is 21.6 Å². The van der Waals surface area contributed by atoms with Gasteiger partial charge in [0.2, 0.25) is 10.0 Å². The molecule has 1 N–H and O–H groups in total. The molecule has 10 heteroatoms. The lowest BCUT2D eigenvalue weighted by Gasteiger charge is -2.16. The van der Waals surface area contributed by atoms with Crippen LogP contribution in [0, 0.1) is 17.5 Å². The Kier molecular flexibility index (Phi) is 5.62. The third kappa shape index (κ3) is 4.70. The average molecular weight is 474 g/mol. The summed E-state index contributed by atoms with van der Waals surface area (Å²) in [5, 5.41) is 0.468. The molecule has 4 aromatic rings. The average Bonchev–Trinajstić information content (AvgIpc) is 2.72. The van der Waals surface area contributed by atoms with E-state index < -0.39 is 27.5 Å². The van der Waals surface area contributed by atoms with Crippen molar-refractivity contribution >= 4 is 26.5 Å². The first-order valence-corrected chi connectivity index (χ1v) is 11.4. The number of aryl methyl sites for hydroxylation is 1. The van der Waals surface area contributed by atoms with Gasteiger partial charge < -0.3 is 9.30 Å². The van der Waals surface area contributed by atoms with E-state index in [1.165, 1.54) is 48.1 Å². The predicted octanol–water partition coefficient (Wildman–Crippen LogP) is 4.79. The summed E-state index contributed by atoms with van der Waals surface area (Å²) in [6.45, 7) is 0. The van der Waals surface area contributed by atoms with Crippen molar-refractivity contribution in [3.05, 3.63) is 88.6 Å². The quantitative estimate of drug-likeness (QED) is 0.451. The molecule has 0 spiro atoms. The summed E-state index contributed by atoms with van der Waals surface area (Å²) < 4.78 is 74.4. The van der Waals surface area contributed by atoms with Gasteiger partial charge in [-0.05, 0) is 53.9 Å². The minimum absolute atomic E-state index is 0.0729. The molecule has 0 saturated carbocycles. The van der Waals surface area contributed by atoms with E-state index in [0.29, 0.717) is 11.6 Å². The maximum atomic E-state index is 14.2. The zero-order chi connectivity index (χ0) is 23.9. The first-order chi connectivity index (χ1) is 15.5. The van der Waals surface area contributed by atoms with E-state index in [-0.39, 0.29) is 39.1 Å². The van der Waals surface area contributed by atoms with E-state index in [2.05, 4.69) is 4.72 Å². The molecule has 3 aromatic carbocycles. The summed E-state index contributed by atoms with van der Waals surface area (Å²) in [5.74, 6) is -2.53. The Morgan fingerprint density at radius 1 is 0.848 bits per heavy atom. The fourth-order valence-corrected chi connectivity index (χ4v) is 3.99. The second-order valence-electron chi connectivity index (χ2n) is 7.41. The minimum atomic E-state index is -3.63. The largest absolute Gasteiger partial charge is 0.454 e. The second kappa shape index (κ2) is 8.28. The van der Waals surface area contributed by atoms with E-state index in [4.69, 9.17) is 4.74 Å². The highest BCUT2D eigenvalue weighted by Gasteiger charge is 2.17. The van der Waals surface area contributed by atoms with Crippen molar-refractivity contribution in [2.75, 3.05) is 11.0 Å². The molecule has 0 aliphatic rings. The van der Waals surface area contributed by atoms with Gasteiger partial charge in [-0.2, -0.15) is 0 Å². The summed E-state index contributed by atoms with van der Waals surface area (Å²) in [6.07, 6.45) is 2.42. The molecule has 0 radical (unpaired) electrons. The highest BCUT2D eigenvalue weighted by Crippen LogP contribution is 2.39. The van der Waals surface area contributed by atoms with Crippen molar-refractivity contribution in [2.24, 2.45) is 7.05 Å². The van der Waals surface area contributed by atoms with E-state index >= 15 is 0 Å². The standard InChI is InChI=1S/C23H17F3N2O4S/c1-28-12-19(17-9-13(24)3-6-16(17)23(28)29)18-11-15(27-33(2,30)31)5-8-21(18)32-22-7-4-14(25)10-20(22)26/h3-12,27H,1-2H3. The van der Waals surface area contributed by atoms with Crippen LogP contribution in [0.2, 0.25) is 0 Å². The van der Waals surface area contributed by atoms with Crippen LogP contribution in [0.15, 0.2) is 65.6 Å². The smallest absolute Gasteiger partial charge is 0.258 e. The Bertz CT molecular complexity index is 1570. The number of sulfonamides is 1. The van der Waals surface area contributed by atoms with Crippen LogP contribution in [0.1, 0.15) is 0 Å². The van der Waals surface area contributed by atoms with E-state index in [1.54, 1.807) is 0 Å². The first-order valence-electron chi connectivity index (χ1n) is 9.56. The van der Waals surface area contributed by atoms with Gasteiger partial charge in [0.1, 0.15) is 17.4 Å². The van der Waals surface area contributed by atoms with Gasteiger partial charge in [0.15, 0.2) is 11.6 Å². The van der Waals surface area contributed by atoms with Gasteiger partial charge in [-0.3, -0.25) is 9.52 Å². The first kappa shape index (κ1) is 22.4. The number of rotatable bonds is 5. The SMILES string of the molecule is Cn1cc(-c2cc(NS(C)(=O)=O)ccc2Oc2ccc(F)cc2F)c2cc(F)ccc2c1=O. The number of halogens is 3. The Hall–Kier alpha value is -3.79. The molecule has 0 unspecified atom stereocenters. The summed E-state index contributed by atoms with van der Waals surface area (Å²) >= 11 is 0. The molecular formula is C23H17F3N2O4S. The fourth-order valence-electron chi connectivity index (χ4n) is 3.44. The highest BCUT2D eigenvalue weighted by molar-refractivity contribution is 7.92. The van der Waals surface area contributed by atoms with Crippen LogP contribution in [-0.2, 0) is 17.1 Å². The number of aromatic nitrogens is 1. The third-order valence-electron chi connectivity index (χ3n) is 4.83. The van der Waals surface area contributed by atoms with Crippen LogP contribution in [0.4, 0.5) is 18.9 Å². The van der Waals surface area contributed by atoms with Crippen LogP contribution >= 0.6 is 0 Å². The van der Waals surface area contributed by atoms with Gasteiger partial charge in [-0.15, -0.1) is 0 Å². The van der Waals surface area contributed by atoms with Gasteiger partial charge in [-0.1, -0.05) is 0 Å². The molecule has 1 aromatic heterocycles. The zero-order valence-electron chi connectivity index (χ0n) is 17.4. The zero-order valence-corrected chi connectivity index (χ0v) is 18.2. The molecule has 1 heterocycles. The molecule has 0 saturated heterocycles. The molecule has 0 atom stereocenters. The Balaban J connectivity index is 1.99. The molecule has 4 rings (SSSR count). The molecule has 6 nitrogen and oxygen atoms in total. The lowest BCUT2D eigenvalue weighted by atomic mass is 9.99. The van der Waals surface area contributed by atoms with Crippen molar-refractivity contribution in [3.8, 4) is 22.6 Å². The summed E-state index contributed by atoms with van der Waals surface area (Å²) in [4.78, 5) is 12.6. The molecule has 170 valence electrons. The molecule has 0 aliphatic carbocycles. The number of hydrogen-bond acceptors (Lipinski definition) is 4. The number of benzene rings is 3. The van der Waals surface area contributed by atoms with Crippen LogP contribution in [0.3, 0.4) is 0 Å². The highest BCUT2D eigenvalue weighted by atomic mass is 32.2. The van der Waals surface area contributed by atoms with Gasteiger partial charge in [0, 0.05) is 41.5 Å². The fraction of sp³-hybridized carbons (Fsp3) is 0.0870. The molecule has 0 amide bonds. The van der Waals surface area contributed by atoms with Gasteiger partial charge >= 0.3 is 0 Å². The molecule has 0 aliphatic heterocycles. The van der Waals surface area contributed by atoms with Crippen LogP contribution in [0.25, 0.3) is 21.9 Å². The van der Waals surface area contributed by atoms with Crippen molar-refractivity contribution in [3.63, 3.8) is 0 Å². The monoisotopic (exact) mass is 474 g/mol. The van der Waals surface area contributed by atoms with Crippen LogP contribution in [-0.4, -0.2) is 19.2 Å². The second-order valence-corrected chi connectivity index (χ2v) is 9.16. The third-order valence-corrected chi connectivity index (χ3v) is 5.44. The molecule has 33 heavy (non-hydrogen) atoms. The lowest BCUT2D eigenvalue weighted by Crippen LogP contribution is -2.16. The minimum Gasteiger partial charge on any atom is -0.454 e. The number of fused-ring (bicyclic) bond motifs is 1. The van der Waals surface area contributed by atoms with Crippen LogP contribution < -0.4 is 15.0 Å². The lowest BCUT2D eigenvalue weighted by molar-refractivity contribution is 0.439. The number of anilines is 1. The normalized spacial score (nSPS) is 11.5. The predicted molar refractivity (Wildman–Crippen MR) is 119 cm³/mol. The van der Waals surface area contributed by atoms with E-state index in [0.717, 1.165) is 24.5 Å². The van der Waals surface area contributed by atoms with E-state index in [1.807, 2.05) is 0 Å². The summed E-state index contributed by atoms with van der Waals surface area (Å²) in [6, 6.07) is 10.7. The van der Waals surface area contributed by atoms with Crippen molar-refractivity contribution in [1.82, 2.24) is 4.57 Å². The molecule has 0 bridgehead atoms. The van der Waals surface area contributed by atoms with Crippen molar-refractivity contribution < 1.29 is 26.3 Å². The maximum absolute atomic E-state index is 14.2. The van der Waals surface area contributed by atoms with Crippen molar-refractivity contribution in [1.29, 1.82) is 0 Å². The maximum Gasteiger partial charge on any atom is 0.258 e. The topological polar surface area (TPSA) is 77.4 Å². The number of nitrogens with one attached hydrogen (secondary N) is 1. The van der Waals surface area contributed by atoms with Crippen molar-refractivity contribution in [2.45, 2.75) is 0 Å². The summed E-state index contributed by atoms with van der Waals surface area (Å²) in [5.41, 5.74) is 0.379. The Labute approximate surface area is 186 Å². The Morgan fingerprint density at radius 2 is 1.52 bits per heavy atom. The number of pyridine rings is 1. The van der Waals surface area contributed by atoms with Gasteiger partial charge in [0.05, 0.1) is 6.26 Å². The number of hydrogen-bond donors (Lipinski definition) is 1.